The Hall–Kier alpha value is -3.57. The maximum Gasteiger partial charge on any atom is 0.269 e. The molecule has 1 saturated heterocycles. The van der Waals surface area contributed by atoms with Crippen LogP contribution in [0, 0.1) is 17.0 Å². The zero-order valence-corrected chi connectivity index (χ0v) is 19.5. The quantitative estimate of drug-likeness (QED) is 0.386. The molecule has 11 heteroatoms. The molecule has 0 spiro atoms. The summed E-state index contributed by atoms with van der Waals surface area (Å²) >= 11 is 0. The lowest BCUT2D eigenvalue weighted by molar-refractivity contribution is -0.384. The largest absolute Gasteiger partial charge is 0.311 e. The first-order valence-corrected chi connectivity index (χ1v) is 12.4. The number of aryl methyl sites for hydroxylation is 2. The van der Waals surface area contributed by atoms with E-state index in [-0.39, 0.29) is 22.9 Å². The number of anilines is 1. The number of rotatable bonds is 8. The van der Waals surface area contributed by atoms with Crippen LogP contribution >= 0.6 is 0 Å². The maximum absolute atomic E-state index is 12.6. The van der Waals surface area contributed by atoms with E-state index in [4.69, 9.17) is 0 Å². The number of nitrogens with one attached hydrogen (secondary N) is 1. The normalized spacial score (nSPS) is 14.3. The van der Waals surface area contributed by atoms with Gasteiger partial charge in [-0.1, -0.05) is 12.1 Å². The van der Waals surface area contributed by atoms with E-state index in [1.807, 2.05) is 0 Å². The average molecular weight is 484 g/mol. The molecule has 4 rings (SSSR count). The number of carbonyl (C=O) groups is 1. The Bertz CT molecular complexity index is 1290. The Balaban J connectivity index is 1.39. The molecule has 1 N–H and O–H groups in total. The highest BCUT2D eigenvalue weighted by atomic mass is 32.2. The third-order valence-corrected chi connectivity index (χ3v) is 7.58. The Morgan fingerprint density at radius 2 is 1.74 bits per heavy atom. The molecule has 0 atom stereocenters. The zero-order chi connectivity index (χ0) is 24.3. The lowest BCUT2D eigenvalue weighted by atomic mass is 10.1. The Kier molecular flexibility index (Phi) is 6.75. The van der Waals surface area contributed by atoms with Gasteiger partial charge in [0.15, 0.2) is 0 Å². The smallest absolute Gasteiger partial charge is 0.269 e. The molecule has 2 aromatic carbocycles. The summed E-state index contributed by atoms with van der Waals surface area (Å²) in [5.41, 5.74) is 2.10. The fourth-order valence-corrected chi connectivity index (χ4v) is 5.39. The number of nitrogens with zero attached hydrogens (tertiary/aromatic N) is 4. The molecule has 0 radical (unpaired) electrons. The van der Waals surface area contributed by atoms with Gasteiger partial charge in [0.2, 0.25) is 15.9 Å². The van der Waals surface area contributed by atoms with Crippen LogP contribution in [0.3, 0.4) is 0 Å². The van der Waals surface area contributed by atoms with E-state index in [2.05, 4.69) is 10.4 Å². The highest BCUT2D eigenvalue weighted by Crippen LogP contribution is 2.22. The predicted molar refractivity (Wildman–Crippen MR) is 126 cm³/mol. The van der Waals surface area contributed by atoms with E-state index in [1.165, 1.54) is 21.1 Å². The van der Waals surface area contributed by atoms with Crippen molar-refractivity contribution in [2.45, 2.75) is 37.5 Å². The lowest BCUT2D eigenvalue weighted by Gasteiger charge is -2.15. The molecule has 1 amide bonds. The fraction of sp³-hybridized carbons (Fsp3) is 0.304. The van der Waals surface area contributed by atoms with E-state index < -0.39 is 14.9 Å². The van der Waals surface area contributed by atoms with Crippen LogP contribution in [-0.2, 0) is 21.2 Å². The molecule has 0 unspecified atom stereocenters. The Morgan fingerprint density at radius 1 is 1.09 bits per heavy atom. The SMILES string of the molecule is Cc1cc(NC(=O)CCc2ccc(S(=O)(=O)N3CCCC3)cc2)n(-c2ccc([N+](=O)[O-])cc2)n1. The van der Waals surface area contributed by atoms with Gasteiger partial charge in [-0.05, 0) is 56.0 Å². The first-order chi connectivity index (χ1) is 16.2. The summed E-state index contributed by atoms with van der Waals surface area (Å²) in [4.78, 5) is 23.2. The topological polar surface area (TPSA) is 127 Å². The van der Waals surface area contributed by atoms with Crippen molar-refractivity contribution in [3.8, 4) is 5.69 Å². The van der Waals surface area contributed by atoms with Crippen LogP contribution in [0.2, 0.25) is 0 Å². The third kappa shape index (κ3) is 5.15. The molecular weight excluding hydrogens is 458 g/mol. The molecule has 1 aliphatic heterocycles. The van der Waals surface area contributed by atoms with Gasteiger partial charge in [-0.15, -0.1) is 0 Å². The standard InChI is InChI=1S/C23H25N5O5S/c1-17-16-22(27(25-17)19-7-9-20(10-8-19)28(30)31)24-23(29)13-6-18-4-11-21(12-5-18)34(32,33)26-14-2-3-15-26/h4-5,7-12,16H,2-3,6,13-15H2,1H3,(H,24,29). The van der Waals surface area contributed by atoms with Crippen molar-refractivity contribution in [2.75, 3.05) is 18.4 Å². The van der Waals surface area contributed by atoms with E-state index >= 15 is 0 Å². The first-order valence-electron chi connectivity index (χ1n) is 10.9. The van der Waals surface area contributed by atoms with Crippen molar-refractivity contribution in [3.63, 3.8) is 0 Å². The second kappa shape index (κ2) is 9.74. The van der Waals surface area contributed by atoms with Crippen molar-refractivity contribution < 1.29 is 18.1 Å². The molecular formula is C23H25N5O5S. The van der Waals surface area contributed by atoms with Crippen molar-refractivity contribution in [1.29, 1.82) is 0 Å². The van der Waals surface area contributed by atoms with Gasteiger partial charge in [-0.3, -0.25) is 14.9 Å². The molecule has 2 heterocycles. The van der Waals surface area contributed by atoms with Gasteiger partial charge < -0.3 is 5.32 Å². The van der Waals surface area contributed by atoms with Gasteiger partial charge in [0.1, 0.15) is 5.82 Å². The summed E-state index contributed by atoms with van der Waals surface area (Å²) in [5.74, 6) is 0.236. The minimum absolute atomic E-state index is 0.0301. The summed E-state index contributed by atoms with van der Waals surface area (Å²) in [7, 11) is -3.46. The minimum Gasteiger partial charge on any atom is -0.311 e. The van der Waals surface area contributed by atoms with Crippen molar-refractivity contribution in [1.82, 2.24) is 14.1 Å². The molecule has 178 valence electrons. The van der Waals surface area contributed by atoms with Gasteiger partial charge in [-0.2, -0.15) is 9.40 Å². The number of carbonyl (C=O) groups excluding carboxylic acids is 1. The number of benzene rings is 2. The van der Waals surface area contributed by atoms with Gasteiger partial charge >= 0.3 is 0 Å². The van der Waals surface area contributed by atoms with Crippen LogP contribution in [-0.4, -0.2) is 46.4 Å². The summed E-state index contributed by atoms with van der Waals surface area (Å²) in [6.45, 7) is 2.90. The lowest BCUT2D eigenvalue weighted by Crippen LogP contribution is -2.27. The first kappa shape index (κ1) is 23.6. The molecule has 0 bridgehead atoms. The van der Waals surface area contributed by atoms with Crippen LogP contribution in [0.15, 0.2) is 59.5 Å². The number of sulfonamides is 1. The van der Waals surface area contributed by atoms with Crippen molar-refractivity contribution >= 4 is 27.4 Å². The van der Waals surface area contributed by atoms with Gasteiger partial charge in [0.05, 0.1) is 21.2 Å². The molecule has 0 aliphatic carbocycles. The van der Waals surface area contributed by atoms with Crippen molar-refractivity contribution in [2.24, 2.45) is 0 Å². The second-order valence-corrected chi connectivity index (χ2v) is 10.1. The van der Waals surface area contributed by atoms with Crippen LogP contribution in [0.1, 0.15) is 30.5 Å². The molecule has 0 saturated carbocycles. The van der Waals surface area contributed by atoms with E-state index in [1.54, 1.807) is 49.4 Å². The van der Waals surface area contributed by atoms with Crippen molar-refractivity contribution in [3.05, 3.63) is 76.0 Å². The van der Waals surface area contributed by atoms with E-state index in [0.29, 0.717) is 36.7 Å². The number of amides is 1. The highest BCUT2D eigenvalue weighted by molar-refractivity contribution is 7.89. The molecule has 1 fully saturated rings. The second-order valence-electron chi connectivity index (χ2n) is 8.16. The van der Waals surface area contributed by atoms with Crippen LogP contribution < -0.4 is 5.32 Å². The molecule has 34 heavy (non-hydrogen) atoms. The predicted octanol–water partition coefficient (Wildman–Crippen LogP) is 3.44. The summed E-state index contributed by atoms with van der Waals surface area (Å²) in [6, 6.07) is 14.3. The van der Waals surface area contributed by atoms with E-state index in [0.717, 1.165) is 18.4 Å². The van der Waals surface area contributed by atoms with Crippen LogP contribution in [0.4, 0.5) is 11.5 Å². The number of aromatic nitrogens is 2. The Labute approximate surface area is 197 Å². The highest BCUT2D eigenvalue weighted by Gasteiger charge is 2.26. The maximum atomic E-state index is 12.6. The molecule has 10 nitrogen and oxygen atoms in total. The fourth-order valence-electron chi connectivity index (χ4n) is 3.87. The average Bonchev–Trinajstić information content (AvgIpc) is 3.49. The summed E-state index contributed by atoms with van der Waals surface area (Å²) < 4.78 is 28.3. The summed E-state index contributed by atoms with van der Waals surface area (Å²) in [6.07, 6.45) is 2.41. The number of nitro benzene ring substituents is 1. The van der Waals surface area contributed by atoms with Gasteiger partial charge in [0.25, 0.3) is 5.69 Å². The number of hydrogen-bond donors (Lipinski definition) is 1. The molecule has 3 aromatic rings. The minimum atomic E-state index is -3.46. The number of non-ortho nitro benzene ring substituents is 1. The number of nitro groups is 1. The van der Waals surface area contributed by atoms with Crippen LogP contribution in [0.5, 0.6) is 0 Å². The summed E-state index contributed by atoms with van der Waals surface area (Å²) in [5, 5.41) is 18.1. The molecule has 1 aliphatic rings. The third-order valence-electron chi connectivity index (χ3n) is 5.67. The Morgan fingerprint density at radius 3 is 2.35 bits per heavy atom. The molecule has 1 aromatic heterocycles. The van der Waals surface area contributed by atoms with Gasteiger partial charge in [-0.25, -0.2) is 13.1 Å². The van der Waals surface area contributed by atoms with Gasteiger partial charge in [0, 0.05) is 37.7 Å². The zero-order valence-electron chi connectivity index (χ0n) is 18.7. The van der Waals surface area contributed by atoms with E-state index in [9.17, 15) is 23.3 Å². The number of hydrogen-bond acceptors (Lipinski definition) is 6. The van der Waals surface area contributed by atoms with Crippen LogP contribution in [0.25, 0.3) is 5.69 Å². The monoisotopic (exact) mass is 483 g/mol.